The molecule has 1 radical (unpaired) electrons. The Hall–Kier alpha value is -2.58. The molecule has 10 rings (SSSR count). The van der Waals surface area contributed by atoms with E-state index >= 15 is 0 Å². The molecule has 0 bridgehead atoms. The summed E-state index contributed by atoms with van der Waals surface area (Å²) in [6.07, 6.45) is 1.43. The molecule has 1 fully saturated rings. The third kappa shape index (κ3) is 36.7. The smallest absolute Gasteiger partial charge is 0.399 e. The predicted molar refractivity (Wildman–Crippen MR) is 461 cm³/mol. The molecule has 11 nitrogen and oxygen atoms in total. The number of carbonyl (C=O) groups excluding carboxylic acids is 4. The summed E-state index contributed by atoms with van der Waals surface area (Å²) in [6.45, 7) is 21.7. The van der Waals surface area contributed by atoms with Crippen LogP contribution in [0.3, 0.4) is 0 Å². The second-order valence-electron chi connectivity index (χ2n) is 19.1. The van der Waals surface area contributed by atoms with Gasteiger partial charge in [0, 0.05) is 78.3 Å². The van der Waals surface area contributed by atoms with Gasteiger partial charge in [-0.3, -0.25) is 24.1 Å². The van der Waals surface area contributed by atoms with Crippen molar-refractivity contribution in [2.24, 2.45) is 0 Å². The predicted octanol–water partition coefficient (Wildman–Crippen LogP) is 25.1. The molecule has 101 heavy (non-hydrogen) atoms. The molecule has 0 N–H and O–H groups in total. The van der Waals surface area contributed by atoms with E-state index in [1.54, 1.807) is 42.5 Å². The Labute approximate surface area is 745 Å². The number of hydrogen-bond acceptors (Lipinski definition) is 11. The Morgan fingerprint density at radius 2 is 1.09 bits per heavy atom. The van der Waals surface area contributed by atoms with E-state index < -0.39 is 160 Å². The van der Waals surface area contributed by atoms with E-state index in [2.05, 4.69) is 168 Å². The van der Waals surface area contributed by atoms with Gasteiger partial charge in [0.05, 0.1) is 61.6 Å². The molecule has 0 saturated carbocycles. The maximum atomic E-state index is 12.2. The Morgan fingerprint density at radius 3 is 1.49 bits per heavy atom. The van der Waals surface area contributed by atoms with Crippen molar-refractivity contribution in [3.63, 3.8) is 0 Å². The molecule has 1 atom stereocenters. The summed E-state index contributed by atoms with van der Waals surface area (Å²) in [6, 6.07) is 2.18. The number of fused-ring (bicyclic) bond motifs is 1. The van der Waals surface area contributed by atoms with Crippen LogP contribution in [0, 0.1) is 4.93 Å². The standard InChI is InChI=1S/2C15H11ClO.C14H19BO2.C9H7F3O3S.C8H8O.C7H4BrClO.C3H8O2.CHI3.CH2I2.CH2I.V/c16-11-6-7-12-13(9-15(17)14(12)8-11)10-4-2-1-3-5-10;1-11(12-5-3-2-4-6-12)15-8-7-14(16)9-13(15)10-17;1-11(12-9-7-6-8-10-12)15-16-13(2,3)14(4,5)17-15;1-7(8-5-3-2-4-6-8)15-16(13,14)9(10,11)12;1-7(9)8-5-3-2-4-6-8;8-7-2-1-6(9)3-5(7)4-10;1-3-5-4-2;2-1(3)4;2-1-3;1-2;/h1-8,13H,9H2;2-10H,1H2;6-10H,1H2,2-5H3;2-6H,1H2;2-6H,1H3;1-4H;3H2,1-2H3;1H;1H2;1H2;/q;;;;;;;;;-1;/t13-;;;;;;;;;;/m0........../s1/i1D,2D,3D,4D,5D;2D,3D,4D,5D,6D;6D,7D,8D,9D,10D;2*2D,3D,4D,5D,6D;;;;;;. The van der Waals surface area contributed by atoms with Crippen molar-refractivity contribution < 1.29 is 117 Å². The van der Waals surface area contributed by atoms with E-state index in [-0.39, 0.29) is 118 Å². The van der Waals surface area contributed by atoms with Crippen LogP contribution in [0.15, 0.2) is 230 Å². The zero-order valence-corrected chi connectivity index (χ0v) is 72.8. The van der Waals surface area contributed by atoms with Crippen LogP contribution >= 0.6 is 186 Å². The Balaban J connectivity index is 0.00000146. The number of Topliss-reactive ketones (excluding diaryl/α,β-unsaturated/α-hetero) is 2. The first-order chi connectivity index (χ1) is 57.5. The molecular weight excluding hydrogens is 2160 g/mol. The summed E-state index contributed by atoms with van der Waals surface area (Å²) >= 11 is 34.0. The van der Waals surface area contributed by atoms with Crippen LogP contribution in [0.5, 0.6) is 0 Å². The van der Waals surface area contributed by atoms with Gasteiger partial charge in [-0.1, -0.05) is 347 Å². The molecule has 8 aromatic carbocycles. The minimum absolute atomic E-state index is 0. The molecule has 1 aliphatic heterocycles. The van der Waals surface area contributed by atoms with E-state index in [9.17, 15) is 40.8 Å². The van der Waals surface area contributed by atoms with Crippen molar-refractivity contribution in [3.05, 3.63) is 306 Å². The van der Waals surface area contributed by atoms with Gasteiger partial charge in [-0.2, -0.15) is 21.6 Å². The Bertz CT molecular complexity index is 5340. The molecule has 8 aromatic rings. The van der Waals surface area contributed by atoms with Crippen molar-refractivity contribution in [2.75, 3.05) is 16.2 Å². The molecule has 541 valence electrons. The summed E-state index contributed by atoms with van der Waals surface area (Å²) in [5.41, 5.74) is -5.14. The van der Waals surface area contributed by atoms with Crippen LogP contribution < -0.4 is 0 Å². The number of ketones is 2. The number of hydrogen-bond donors (Lipinski definition) is 0. The molecule has 1 aliphatic carbocycles. The summed E-state index contributed by atoms with van der Waals surface area (Å²) in [4.78, 5) is 56.4. The van der Waals surface area contributed by atoms with Gasteiger partial charge in [-0.15, -0.1) is 0 Å². The Morgan fingerprint density at radius 1 is 0.703 bits per heavy atom. The second kappa shape index (κ2) is 52.4. The van der Waals surface area contributed by atoms with Crippen LogP contribution in [0.4, 0.5) is 13.2 Å². The fourth-order valence-corrected chi connectivity index (χ4v) is 8.20. The van der Waals surface area contributed by atoms with Crippen LogP contribution in [0.25, 0.3) is 16.8 Å². The van der Waals surface area contributed by atoms with E-state index in [1.807, 2.05) is 57.2 Å². The topological polar surface area (TPSA) is 149 Å². The first-order valence-corrected chi connectivity index (χ1v) is 38.9. The summed E-state index contributed by atoms with van der Waals surface area (Å²) in [5, 5.41) is 1.37. The number of halogens is 13. The van der Waals surface area contributed by atoms with Gasteiger partial charge in [0.25, 0.3) is 0 Å². The number of aldehydes is 2. The van der Waals surface area contributed by atoms with Crippen LogP contribution in [-0.2, 0) is 51.9 Å². The molecule has 0 unspecified atom stereocenters. The second-order valence-corrected chi connectivity index (χ2v) is 38.1. The van der Waals surface area contributed by atoms with E-state index in [0.29, 0.717) is 50.2 Å². The fraction of sp³-hybridized carbons (Fsp3) is 0.203. The number of carbonyl (C=O) groups is 4. The van der Waals surface area contributed by atoms with Crippen molar-refractivity contribution in [3.8, 4) is 0 Å². The zero-order chi connectivity index (χ0) is 97.6. The molecule has 0 aromatic heterocycles. The van der Waals surface area contributed by atoms with Gasteiger partial charge < -0.3 is 36.1 Å². The molecule has 27 heteroatoms. The number of alkyl halides is 8. The molecule has 0 amide bonds. The van der Waals surface area contributed by atoms with Crippen molar-refractivity contribution in [1.29, 1.82) is 0 Å². The fourth-order valence-electron chi connectivity index (χ4n) is 6.89. The third-order valence-corrected chi connectivity index (χ3v) is 14.4. The number of rotatable bonds is 13. The zero-order valence-electron chi connectivity index (χ0n) is 78.8. The maximum absolute atomic E-state index is 12.2. The minimum Gasteiger partial charge on any atom is -0.399 e. The van der Waals surface area contributed by atoms with Crippen molar-refractivity contribution >= 4 is 244 Å². The van der Waals surface area contributed by atoms with E-state index in [0.717, 1.165) is 10.7 Å². The summed E-state index contributed by atoms with van der Waals surface area (Å²) in [7, 11) is -5.41. The van der Waals surface area contributed by atoms with Crippen LogP contribution in [0.2, 0.25) is 15.1 Å². The normalized spacial score (nSPS) is 16.5. The molecule has 0 spiro atoms. The minimum atomic E-state index is -6.05. The average molecular weight is 2260 g/mol. The van der Waals surface area contributed by atoms with Crippen molar-refractivity contribution in [2.45, 2.75) is 70.5 Å². The summed E-state index contributed by atoms with van der Waals surface area (Å²) in [5.74, 6) is -2.41. The van der Waals surface area contributed by atoms with Crippen molar-refractivity contribution in [1.82, 2.24) is 0 Å². The molecular formula is C74H73BBrCl3F3I6O11SV-. The maximum Gasteiger partial charge on any atom is 0.534 e. The molecule has 2 aliphatic rings. The Kier molecular flexibility index (Phi) is 32.4. The van der Waals surface area contributed by atoms with Crippen LogP contribution in [0.1, 0.15) is 163 Å². The third-order valence-electron chi connectivity index (χ3n) is 12.0. The van der Waals surface area contributed by atoms with Gasteiger partial charge in [0.15, 0.2) is 24.1 Å². The number of benzene rings is 8. The monoisotopic (exact) mass is 2260 g/mol. The first-order valence-electron chi connectivity index (χ1n) is 39.7. The summed E-state index contributed by atoms with van der Waals surface area (Å²) < 4.78 is 267. The van der Waals surface area contributed by atoms with Crippen LogP contribution in [-0.4, -0.2) is 72.5 Å². The van der Waals surface area contributed by atoms with E-state index in [1.165, 1.54) is 28.6 Å². The first kappa shape index (κ1) is 62.3. The van der Waals surface area contributed by atoms with Gasteiger partial charge in [0.1, 0.15) is 5.70 Å². The van der Waals surface area contributed by atoms with E-state index in [4.69, 9.17) is 78.4 Å². The SMILES string of the molecule is CCOOC.IC(I)I.ICI.O=Cc1cc(Cl)ccc1Br.[2H]c1c([2H])c([2H])c(C(=C)B2OC(C)(C)C(C)(C)O2)c([2H])c1[2H].[2H]c1c([2H])c([2H])c(C(=C)OS(=O)(=O)C(F)(F)F)c([2H])c1[2H].[2H]c1c([2H])c([2H])c(C(=C)c2ccc(Cl)cc2C=O)c([2H])c1[2H].[2H]c1c([2H])c([2H])c(C(C)=O)c([2H])c1[2H].[2H]c1c([2H])c([2H])c([C@@H]2CC(=O)c3cc(Cl)ccc32)c([2H])c1[2H].[CH2-]I.[V]. The van der Waals surface area contributed by atoms with Gasteiger partial charge in [0.2, 0.25) is 0 Å². The largest absolute Gasteiger partial charge is 0.534 e. The average Bonchev–Trinajstić information content (AvgIpc) is 1.53. The quantitative estimate of drug-likeness (QED) is 0.00928. The van der Waals surface area contributed by atoms with Gasteiger partial charge in [-0.05, 0) is 123 Å². The van der Waals surface area contributed by atoms with Gasteiger partial charge in [-0.25, -0.2) is 9.78 Å². The van der Waals surface area contributed by atoms with Gasteiger partial charge >= 0.3 is 22.7 Å². The molecule has 1 heterocycles. The molecule has 1 saturated heterocycles.